The fourth-order valence-corrected chi connectivity index (χ4v) is 6.84. The molecule has 0 radical (unpaired) electrons. The molecule has 0 aromatic carbocycles. The number of hydrogen-bond donors (Lipinski definition) is 0. The first-order valence-corrected chi connectivity index (χ1v) is 10.3. The molecule has 4 rings (SSSR count). The Morgan fingerprint density at radius 3 is 2.56 bits per heavy atom. The Bertz CT molecular complexity index is 695. The van der Waals surface area contributed by atoms with Crippen molar-refractivity contribution < 1.29 is 9.59 Å². The molecule has 2 fully saturated rings. The van der Waals surface area contributed by atoms with Crippen LogP contribution in [0.25, 0.3) is 0 Å². The van der Waals surface area contributed by atoms with Crippen molar-refractivity contribution in [2.24, 2.45) is 28.6 Å². The van der Waals surface area contributed by atoms with Gasteiger partial charge in [0.05, 0.1) is 0 Å². The Morgan fingerprint density at radius 1 is 1.08 bits per heavy atom. The molecular weight excluding hydrogens is 308 g/mol. The molecule has 0 spiro atoms. The second-order valence-electron chi connectivity index (χ2n) is 9.70. The van der Waals surface area contributed by atoms with Crippen molar-refractivity contribution in [1.29, 1.82) is 0 Å². The van der Waals surface area contributed by atoms with Crippen molar-refractivity contribution in [3.05, 3.63) is 22.8 Å². The lowest BCUT2D eigenvalue weighted by Gasteiger charge is -2.52. The standard InChI is InChI=1S/C23H32O2/c1-14(2)21(25)23(4)12-10-20-19-7-5-15-13-16(24)6-8-17(15)18(19)9-11-22(20,23)3/h13-14,19-20H,5-12H2,1-4H3/t19-,20+,22+,23-/m1/s1. The van der Waals surface area contributed by atoms with Gasteiger partial charge in [-0.3, -0.25) is 9.59 Å². The fourth-order valence-electron chi connectivity index (χ4n) is 6.84. The summed E-state index contributed by atoms with van der Waals surface area (Å²) in [5, 5.41) is 0. The van der Waals surface area contributed by atoms with E-state index >= 15 is 0 Å². The van der Waals surface area contributed by atoms with Gasteiger partial charge in [-0.2, -0.15) is 0 Å². The van der Waals surface area contributed by atoms with Gasteiger partial charge in [-0.15, -0.1) is 0 Å². The molecule has 2 nitrogen and oxygen atoms in total. The second kappa shape index (κ2) is 5.66. The van der Waals surface area contributed by atoms with Gasteiger partial charge in [0.1, 0.15) is 5.78 Å². The van der Waals surface area contributed by atoms with Gasteiger partial charge in [-0.25, -0.2) is 0 Å². The summed E-state index contributed by atoms with van der Waals surface area (Å²) in [4.78, 5) is 24.9. The van der Waals surface area contributed by atoms with Gasteiger partial charge in [0.15, 0.2) is 5.78 Å². The molecule has 0 unspecified atom stereocenters. The van der Waals surface area contributed by atoms with E-state index in [4.69, 9.17) is 0 Å². The third-order valence-electron chi connectivity index (χ3n) is 8.41. The van der Waals surface area contributed by atoms with Crippen molar-refractivity contribution >= 4 is 11.6 Å². The zero-order chi connectivity index (χ0) is 18.0. The summed E-state index contributed by atoms with van der Waals surface area (Å²) in [5.41, 5.74) is 4.52. The van der Waals surface area contributed by atoms with Crippen molar-refractivity contribution in [3.8, 4) is 0 Å². The van der Waals surface area contributed by atoms with Crippen LogP contribution >= 0.6 is 0 Å². The van der Waals surface area contributed by atoms with Crippen molar-refractivity contribution in [2.75, 3.05) is 0 Å². The van der Waals surface area contributed by atoms with E-state index in [2.05, 4.69) is 27.7 Å². The first-order chi connectivity index (χ1) is 11.8. The highest BCUT2D eigenvalue weighted by Gasteiger charge is 2.61. The Labute approximate surface area is 152 Å². The highest BCUT2D eigenvalue weighted by molar-refractivity contribution is 5.93. The minimum Gasteiger partial charge on any atom is -0.299 e. The number of rotatable bonds is 2. The van der Waals surface area contributed by atoms with Crippen LogP contribution in [0.1, 0.15) is 79.1 Å². The number of fused-ring (bicyclic) bond motifs is 4. The Morgan fingerprint density at radius 2 is 1.84 bits per heavy atom. The molecule has 0 N–H and O–H groups in total. The SMILES string of the molecule is CC(C)C(=O)[C@@]1(C)CC[C@H]2[C@@H]3CCC4=CC(=O)CCC4=C3CC[C@@]21C. The highest BCUT2D eigenvalue weighted by Crippen LogP contribution is 2.67. The van der Waals surface area contributed by atoms with Crippen LogP contribution in [-0.2, 0) is 9.59 Å². The average Bonchev–Trinajstić information content (AvgIpc) is 2.86. The lowest BCUT2D eigenvalue weighted by molar-refractivity contribution is -0.139. The minimum absolute atomic E-state index is 0.130. The van der Waals surface area contributed by atoms with Crippen LogP contribution in [0.4, 0.5) is 0 Å². The largest absolute Gasteiger partial charge is 0.299 e. The Kier molecular flexibility index (Phi) is 3.90. The molecule has 0 amide bonds. The molecule has 4 aliphatic rings. The molecule has 0 heterocycles. The quantitative estimate of drug-likeness (QED) is 0.672. The number of allylic oxidation sites excluding steroid dienone is 4. The van der Waals surface area contributed by atoms with Crippen LogP contribution in [0.5, 0.6) is 0 Å². The third kappa shape index (κ3) is 2.28. The van der Waals surface area contributed by atoms with Gasteiger partial charge in [-0.1, -0.05) is 33.3 Å². The van der Waals surface area contributed by atoms with Crippen LogP contribution < -0.4 is 0 Å². The van der Waals surface area contributed by atoms with Gasteiger partial charge in [0.2, 0.25) is 0 Å². The molecule has 4 atom stereocenters. The summed E-state index contributed by atoms with van der Waals surface area (Å²) in [6, 6.07) is 0. The average molecular weight is 341 g/mol. The maximum absolute atomic E-state index is 13.1. The molecule has 4 aliphatic carbocycles. The topological polar surface area (TPSA) is 34.1 Å². The molecule has 2 saturated carbocycles. The number of ketones is 2. The fraction of sp³-hybridized carbons (Fsp3) is 0.739. The first kappa shape index (κ1) is 17.2. The number of carbonyl (C=O) groups is 2. The zero-order valence-corrected chi connectivity index (χ0v) is 16.3. The molecule has 25 heavy (non-hydrogen) atoms. The summed E-state index contributed by atoms with van der Waals surface area (Å²) in [5.74, 6) is 2.23. The number of hydrogen-bond acceptors (Lipinski definition) is 2. The summed E-state index contributed by atoms with van der Waals surface area (Å²) in [6.45, 7) is 8.82. The molecule has 0 aromatic heterocycles. The van der Waals surface area contributed by atoms with Crippen LogP contribution in [0, 0.1) is 28.6 Å². The maximum Gasteiger partial charge on any atom is 0.156 e. The third-order valence-corrected chi connectivity index (χ3v) is 8.41. The summed E-state index contributed by atoms with van der Waals surface area (Å²) in [6.07, 6.45) is 10.4. The highest BCUT2D eigenvalue weighted by atomic mass is 16.1. The minimum atomic E-state index is -0.152. The van der Waals surface area contributed by atoms with Crippen molar-refractivity contribution in [2.45, 2.75) is 79.1 Å². The normalized spacial score (nSPS) is 40.5. The van der Waals surface area contributed by atoms with Crippen LogP contribution in [0.15, 0.2) is 22.8 Å². The predicted molar refractivity (Wildman–Crippen MR) is 100 cm³/mol. The van der Waals surface area contributed by atoms with Crippen LogP contribution in [-0.4, -0.2) is 11.6 Å². The van der Waals surface area contributed by atoms with E-state index in [0.29, 0.717) is 29.8 Å². The molecular formula is C23H32O2. The van der Waals surface area contributed by atoms with Gasteiger partial charge in [0, 0.05) is 17.8 Å². The second-order valence-corrected chi connectivity index (χ2v) is 9.70. The number of carbonyl (C=O) groups excluding carboxylic acids is 2. The zero-order valence-electron chi connectivity index (χ0n) is 16.3. The molecule has 0 bridgehead atoms. The molecule has 2 heteroatoms. The molecule has 0 saturated heterocycles. The van der Waals surface area contributed by atoms with E-state index in [1.165, 1.54) is 24.0 Å². The van der Waals surface area contributed by atoms with Crippen molar-refractivity contribution in [1.82, 2.24) is 0 Å². The lowest BCUT2D eigenvalue weighted by atomic mass is 9.51. The first-order valence-electron chi connectivity index (χ1n) is 10.3. The summed E-state index contributed by atoms with van der Waals surface area (Å²) >= 11 is 0. The molecule has 0 aliphatic heterocycles. The van der Waals surface area contributed by atoms with Crippen molar-refractivity contribution in [3.63, 3.8) is 0 Å². The van der Waals surface area contributed by atoms with E-state index in [-0.39, 0.29) is 16.7 Å². The van der Waals surface area contributed by atoms with Gasteiger partial charge >= 0.3 is 0 Å². The summed E-state index contributed by atoms with van der Waals surface area (Å²) < 4.78 is 0. The molecule has 0 aromatic rings. The van der Waals surface area contributed by atoms with E-state index in [0.717, 1.165) is 32.1 Å². The van der Waals surface area contributed by atoms with Crippen LogP contribution in [0.2, 0.25) is 0 Å². The summed E-state index contributed by atoms with van der Waals surface area (Å²) in [7, 11) is 0. The van der Waals surface area contributed by atoms with Gasteiger partial charge < -0.3 is 0 Å². The van der Waals surface area contributed by atoms with E-state index < -0.39 is 0 Å². The predicted octanol–water partition coefficient (Wildman–Crippen LogP) is 5.42. The van der Waals surface area contributed by atoms with E-state index in [1.54, 1.807) is 5.57 Å². The maximum atomic E-state index is 13.1. The van der Waals surface area contributed by atoms with Gasteiger partial charge in [0.25, 0.3) is 0 Å². The monoisotopic (exact) mass is 340 g/mol. The van der Waals surface area contributed by atoms with Crippen LogP contribution in [0.3, 0.4) is 0 Å². The van der Waals surface area contributed by atoms with E-state index in [1.807, 2.05) is 6.08 Å². The Balaban J connectivity index is 1.72. The lowest BCUT2D eigenvalue weighted by Crippen LogP contribution is -2.49. The number of Topliss-reactive ketones (excluding diaryl/α,β-unsaturated/α-hetero) is 1. The smallest absolute Gasteiger partial charge is 0.156 e. The van der Waals surface area contributed by atoms with Gasteiger partial charge in [-0.05, 0) is 79.4 Å². The van der Waals surface area contributed by atoms with E-state index in [9.17, 15) is 9.59 Å². The Hall–Kier alpha value is -1.18. The molecule has 136 valence electrons.